The summed E-state index contributed by atoms with van der Waals surface area (Å²) in [7, 11) is 0. The number of nitrogens with one attached hydrogen (secondary N) is 1. The third kappa shape index (κ3) is 4.45. The highest BCUT2D eigenvalue weighted by molar-refractivity contribution is 9.10. The molecule has 0 aliphatic heterocycles. The van der Waals surface area contributed by atoms with Crippen LogP contribution in [0.4, 0.5) is 14.6 Å². The monoisotopic (exact) mass is 321 g/mol. The largest absolute Gasteiger partial charge is 0.374 e. The number of ether oxygens (including phenoxy) is 1. The maximum atomic E-state index is 11.8. The normalized spacial score (nSPS) is 15.1. The van der Waals surface area contributed by atoms with Crippen LogP contribution in [0.3, 0.4) is 0 Å². The maximum Gasteiger partial charge on any atom is 0.261 e. The van der Waals surface area contributed by atoms with Gasteiger partial charge in [0.15, 0.2) is 0 Å². The summed E-state index contributed by atoms with van der Waals surface area (Å²) in [5.74, 6) is 2.00. The van der Waals surface area contributed by atoms with Gasteiger partial charge in [-0.2, -0.15) is 0 Å². The zero-order chi connectivity index (χ0) is 13.0. The molecule has 1 N–H and O–H groups in total. The molecular weight excluding hydrogens is 308 g/mol. The van der Waals surface area contributed by atoms with Crippen molar-refractivity contribution in [3.8, 4) is 0 Å². The van der Waals surface area contributed by atoms with Crippen molar-refractivity contribution >= 4 is 21.7 Å². The van der Waals surface area contributed by atoms with E-state index in [4.69, 9.17) is 4.74 Å². The van der Waals surface area contributed by atoms with Gasteiger partial charge in [-0.1, -0.05) is 0 Å². The minimum absolute atomic E-state index is 0.227. The average molecular weight is 322 g/mol. The summed E-state index contributed by atoms with van der Waals surface area (Å²) in [5, 5.41) is 3.03. The van der Waals surface area contributed by atoms with E-state index in [1.165, 1.54) is 0 Å². The van der Waals surface area contributed by atoms with Crippen LogP contribution >= 0.6 is 15.9 Å². The molecule has 1 saturated carbocycles. The van der Waals surface area contributed by atoms with Crippen molar-refractivity contribution < 1.29 is 13.5 Å². The van der Waals surface area contributed by atoms with E-state index in [-0.39, 0.29) is 6.61 Å². The van der Waals surface area contributed by atoms with Crippen molar-refractivity contribution in [3.05, 3.63) is 16.5 Å². The topological polar surface area (TPSA) is 47.0 Å². The van der Waals surface area contributed by atoms with Gasteiger partial charge < -0.3 is 10.1 Å². The minimum atomic E-state index is -2.42. The van der Waals surface area contributed by atoms with Gasteiger partial charge in [-0.25, -0.2) is 18.7 Å². The number of aromatic nitrogens is 2. The van der Waals surface area contributed by atoms with Crippen LogP contribution in [0.1, 0.15) is 24.6 Å². The lowest BCUT2D eigenvalue weighted by Crippen LogP contribution is -2.14. The quantitative estimate of drug-likeness (QED) is 0.619. The fourth-order valence-corrected chi connectivity index (χ4v) is 1.87. The summed E-state index contributed by atoms with van der Waals surface area (Å²) in [6.45, 7) is 0.146. The van der Waals surface area contributed by atoms with E-state index in [1.807, 2.05) is 0 Å². The summed E-state index contributed by atoms with van der Waals surface area (Å²) in [6.07, 6.45) is -0.152. The Bertz CT molecular complexity index is 402. The van der Waals surface area contributed by atoms with Gasteiger partial charge in [0.05, 0.1) is 6.61 Å². The molecule has 0 bridgehead atoms. The highest BCUT2D eigenvalue weighted by Gasteiger charge is 2.27. The molecule has 1 fully saturated rings. The molecule has 100 valence electrons. The molecule has 0 atom stereocenters. The van der Waals surface area contributed by atoms with E-state index in [1.54, 1.807) is 6.07 Å². The summed E-state index contributed by atoms with van der Waals surface area (Å²) in [5.41, 5.74) is 0. The van der Waals surface area contributed by atoms with E-state index in [0.29, 0.717) is 18.3 Å². The van der Waals surface area contributed by atoms with Gasteiger partial charge in [0.2, 0.25) is 0 Å². The summed E-state index contributed by atoms with van der Waals surface area (Å²) in [4.78, 5) is 8.67. The molecule has 1 heterocycles. The number of nitrogens with zero attached hydrogens (tertiary/aromatic N) is 2. The lowest BCUT2D eigenvalue weighted by atomic mass is 10.4. The number of halogens is 3. The van der Waals surface area contributed by atoms with E-state index in [2.05, 4.69) is 31.2 Å². The zero-order valence-electron chi connectivity index (χ0n) is 9.70. The van der Waals surface area contributed by atoms with Crippen molar-refractivity contribution in [1.82, 2.24) is 9.97 Å². The number of anilines is 1. The molecule has 1 aromatic rings. The first kappa shape index (κ1) is 13.6. The lowest BCUT2D eigenvalue weighted by molar-refractivity contribution is 0.0215. The molecule has 0 radical (unpaired) electrons. The Kier molecular flexibility index (Phi) is 4.82. The Balaban J connectivity index is 1.78. The lowest BCUT2D eigenvalue weighted by Gasteiger charge is -2.08. The second-order valence-corrected chi connectivity index (χ2v) is 4.91. The van der Waals surface area contributed by atoms with Crippen LogP contribution in [0.25, 0.3) is 0 Å². The van der Waals surface area contributed by atoms with Gasteiger partial charge in [0, 0.05) is 18.5 Å². The van der Waals surface area contributed by atoms with Gasteiger partial charge in [-0.05, 0) is 28.8 Å². The molecule has 0 saturated heterocycles. The number of hydrogen-bond acceptors (Lipinski definition) is 4. The van der Waals surface area contributed by atoms with Gasteiger partial charge in [-0.3, -0.25) is 0 Å². The highest BCUT2D eigenvalue weighted by Crippen LogP contribution is 2.38. The first-order valence-corrected chi connectivity index (χ1v) is 6.58. The molecule has 0 amide bonds. The predicted octanol–water partition coefficient (Wildman–Crippen LogP) is 2.81. The Morgan fingerprint density at radius 3 is 2.89 bits per heavy atom. The van der Waals surface area contributed by atoms with Crippen LogP contribution in [0.5, 0.6) is 0 Å². The fraction of sp³-hybridized carbons (Fsp3) is 0.636. The van der Waals surface area contributed by atoms with Crippen LogP contribution in [-0.4, -0.2) is 36.2 Å². The Labute approximate surface area is 112 Å². The molecule has 4 nitrogen and oxygen atoms in total. The van der Waals surface area contributed by atoms with Crippen molar-refractivity contribution in [1.29, 1.82) is 0 Å². The van der Waals surface area contributed by atoms with E-state index in [0.717, 1.165) is 23.3 Å². The van der Waals surface area contributed by atoms with Gasteiger partial charge in [0.1, 0.15) is 22.9 Å². The van der Waals surface area contributed by atoms with E-state index >= 15 is 0 Å². The van der Waals surface area contributed by atoms with E-state index in [9.17, 15) is 8.78 Å². The molecule has 0 aromatic carbocycles. The maximum absolute atomic E-state index is 11.8. The van der Waals surface area contributed by atoms with Crippen LogP contribution < -0.4 is 5.32 Å². The first-order chi connectivity index (χ1) is 8.65. The minimum Gasteiger partial charge on any atom is -0.374 e. The van der Waals surface area contributed by atoms with Crippen LogP contribution in [0.15, 0.2) is 10.7 Å². The fourth-order valence-electron chi connectivity index (χ4n) is 1.47. The van der Waals surface area contributed by atoms with Crippen LogP contribution in [0, 0.1) is 0 Å². The van der Waals surface area contributed by atoms with Gasteiger partial charge in [-0.15, -0.1) is 0 Å². The van der Waals surface area contributed by atoms with Crippen molar-refractivity contribution in [2.45, 2.75) is 25.2 Å². The second kappa shape index (κ2) is 6.38. The summed E-state index contributed by atoms with van der Waals surface area (Å²) in [6, 6.07) is 1.76. The number of rotatable bonds is 7. The zero-order valence-corrected chi connectivity index (χ0v) is 11.3. The highest BCUT2D eigenvalue weighted by atomic mass is 79.9. The number of hydrogen-bond donors (Lipinski definition) is 1. The predicted molar refractivity (Wildman–Crippen MR) is 67.0 cm³/mol. The third-order valence-electron chi connectivity index (χ3n) is 2.45. The molecule has 18 heavy (non-hydrogen) atoms. The van der Waals surface area contributed by atoms with E-state index < -0.39 is 13.0 Å². The van der Waals surface area contributed by atoms with Gasteiger partial charge >= 0.3 is 0 Å². The molecule has 1 aliphatic rings. The second-order valence-electron chi connectivity index (χ2n) is 4.10. The van der Waals surface area contributed by atoms with Crippen LogP contribution in [0.2, 0.25) is 0 Å². The molecule has 1 aromatic heterocycles. The Hall–Kier alpha value is -0.820. The smallest absolute Gasteiger partial charge is 0.261 e. The van der Waals surface area contributed by atoms with Crippen molar-refractivity contribution in [3.63, 3.8) is 0 Å². The Morgan fingerprint density at radius 2 is 2.22 bits per heavy atom. The van der Waals surface area contributed by atoms with Crippen LogP contribution in [-0.2, 0) is 4.74 Å². The average Bonchev–Trinajstić information content (AvgIpc) is 3.11. The summed E-state index contributed by atoms with van der Waals surface area (Å²) < 4.78 is 29.1. The standard InChI is InChI=1S/C11H14BrF2N3O/c12-8-5-10(15-3-4-18-6-9(13)14)17-11(16-8)7-1-2-7/h5,7,9H,1-4,6H2,(H,15,16,17). The van der Waals surface area contributed by atoms with Crippen molar-refractivity contribution in [2.24, 2.45) is 0 Å². The molecular formula is C11H14BrF2N3O. The third-order valence-corrected chi connectivity index (χ3v) is 2.86. The number of alkyl halides is 2. The Morgan fingerprint density at radius 1 is 1.44 bits per heavy atom. The SMILES string of the molecule is FC(F)COCCNc1cc(Br)nc(C2CC2)n1. The molecule has 0 spiro atoms. The van der Waals surface area contributed by atoms with Crippen molar-refractivity contribution in [2.75, 3.05) is 25.1 Å². The molecule has 7 heteroatoms. The molecule has 0 unspecified atom stereocenters. The molecule has 1 aliphatic carbocycles. The molecule has 2 rings (SSSR count). The van der Waals surface area contributed by atoms with Gasteiger partial charge in [0.25, 0.3) is 6.43 Å². The first-order valence-electron chi connectivity index (χ1n) is 5.79. The summed E-state index contributed by atoms with van der Waals surface area (Å²) >= 11 is 3.33.